The topological polar surface area (TPSA) is 90.0 Å². The van der Waals surface area contributed by atoms with Gasteiger partial charge in [0.05, 0.1) is 11.1 Å². The molecule has 2 rings (SSSR count). The second-order valence-corrected chi connectivity index (χ2v) is 6.98. The van der Waals surface area contributed by atoms with Crippen molar-refractivity contribution in [2.24, 2.45) is 7.05 Å². The molecule has 0 spiro atoms. The summed E-state index contributed by atoms with van der Waals surface area (Å²) in [5, 5.41) is 4.07. The van der Waals surface area contributed by atoms with Crippen LogP contribution >= 0.6 is 15.9 Å². The Morgan fingerprint density at radius 3 is 2.75 bits per heavy atom. The number of nitrogen functional groups attached to an aromatic ring is 1. The zero-order chi connectivity index (χ0) is 14.9. The lowest BCUT2D eigenvalue weighted by molar-refractivity contribution is 0.580. The number of anilines is 1. The highest BCUT2D eigenvalue weighted by Crippen LogP contribution is 2.24. The van der Waals surface area contributed by atoms with E-state index in [0.717, 1.165) is 11.3 Å². The summed E-state index contributed by atoms with van der Waals surface area (Å²) in [6.07, 6.45) is 1.65. The summed E-state index contributed by atoms with van der Waals surface area (Å²) in [5.74, 6) is 0. The minimum absolute atomic E-state index is 0.124. The van der Waals surface area contributed by atoms with E-state index in [-0.39, 0.29) is 11.4 Å². The summed E-state index contributed by atoms with van der Waals surface area (Å²) in [6, 6.07) is 4.66. The number of hydrogen-bond acceptors (Lipinski definition) is 4. The molecule has 8 heteroatoms. The van der Waals surface area contributed by atoms with Crippen LogP contribution in [0.1, 0.15) is 11.3 Å². The maximum atomic E-state index is 12.3. The zero-order valence-electron chi connectivity index (χ0n) is 11.1. The van der Waals surface area contributed by atoms with E-state index in [9.17, 15) is 8.42 Å². The molecule has 0 aliphatic heterocycles. The van der Waals surface area contributed by atoms with E-state index in [2.05, 4.69) is 25.8 Å². The Labute approximate surface area is 126 Å². The molecule has 3 N–H and O–H groups in total. The maximum absolute atomic E-state index is 12.3. The molecular weight excluding hydrogens is 344 g/mol. The molecule has 6 nitrogen and oxygen atoms in total. The molecule has 1 heterocycles. The molecule has 20 heavy (non-hydrogen) atoms. The summed E-state index contributed by atoms with van der Waals surface area (Å²) in [5.41, 5.74) is 7.77. The number of halogens is 1. The Bertz CT molecular complexity index is 740. The lowest BCUT2D eigenvalue weighted by atomic mass is 10.3. The molecule has 108 valence electrons. The van der Waals surface area contributed by atoms with Gasteiger partial charge in [-0.25, -0.2) is 13.1 Å². The number of benzene rings is 1. The fraction of sp³-hybridized carbons (Fsp3) is 0.250. The number of aryl methyl sites for hydroxylation is 1. The van der Waals surface area contributed by atoms with Crippen LogP contribution in [0, 0.1) is 6.92 Å². The van der Waals surface area contributed by atoms with Gasteiger partial charge in [-0.15, -0.1) is 0 Å². The molecule has 0 aliphatic carbocycles. The zero-order valence-corrected chi connectivity index (χ0v) is 13.5. The van der Waals surface area contributed by atoms with E-state index < -0.39 is 10.0 Å². The summed E-state index contributed by atoms with van der Waals surface area (Å²) >= 11 is 3.22. The first-order valence-corrected chi connectivity index (χ1v) is 8.11. The fourth-order valence-corrected chi connectivity index (χ4v) is 3.70. The van der Waals surface area contributed by atoms with E-state index in [1.54, 1.807) is 23.0 Å². The number of nitrogens with one attached hydrogen (secondary N) is 1. The Morgan fingerprint density at radius 2 is 2.15 bits per heavy atom. The van der Waals surface area contributed by atoms with Gasteiger partial charge in [-0.3, -0.25) is 4.68 Å². The highest BCUT2D eigenvalue weighted by atomic mass is 79.9. The highest BCUT2D eigenvalue weighted by molar-refractivity contribution is 9.10. The molecule has 0 saturated carbocycles. The average molecular weight is 359 g/mol. The van der Waals surface area contributed by atoms with Crippen LogP contribution in [-0.4, -0.2) is 18.2 Å². The summed E-state index contributed by atoms with van der Waals surface area (Å²) in [7, 11) is -1.83. The molecule has 0 amide bonds. The van der Waals surface area contributed by atoms with Gasteiger partial charge in [0.1, 0.15) is 0 Å². The van der Waals surface area contributed by atoms with E-state index in [4.69, 9.17) is 5.73 Å². The first kappa shape index (κ1) is 15.0. The van der Waals surface area contributed by atoms with E-state index in [0.29, 0.717) is 10.2 Å². The third kappa shape index (κ3) is 3.02. The Balaban J connectivity index is 2.24. The first-order chi connectivity index (χ1) is 9.31. The second-order valence-electron chi connectivity index (χ2n) is 4.39. The van der Waals surface area contributed by atoms with Gasteiger partial charge in [0.15, 0.2) is 0 Å². The van der Waals surface area contributed by atoms with Crippen molar-refractivity contribution in [2.45, 2.75) is 18.4 Å². The van der Waals surface area contributed by atoms with Gasteiger partial charge in [0.2, 0.25) is 10.0 Å². The van der Waals surface area contributed by atoms with Crippen molar-refractivity contribution < 1.29 is 8.42 Å². The Morgan fingerprint density at radius 1 is 1.45 bits per heavy atom. The summed E-state index contributed by atoms with van der Waals surface area (Å²) in [6.45, 7) is 2.07. The molecule has 2 aromatic rings. The van der Waals surface area contributed by atoms with Crippen molar-refractivity contribution in [3.8, 4) is 0 Å². The number of aromatic nitrogens is 2. The van der Waals surface area contributed by atoms with Crippen molar-refractivity contribution in [1.82, 2.24) is 14.5 Å². The van der Waals surface area contributed by atoms with Crippen LogP contribution in [0.2, 0.25) is 0 Å². The number of hydrogen-bond donors (Lipinski definition) is 2. The van der Waals surface area contributed by atoms with Gasteiger partial charge in [-0.05, 0) is 41.1 Å². The lowest BCUT2D eigenvalue weighted by Crippen LogP contribution is -2.24. The molecule has 0 unspecified atom stereocenters. The van der Waals surface area contributed by atoms with E-state index >= 15 is 0 Å². The number of nitrogens with zero attached hydrogens (tertiary/aromatic N) is 2. The minimum Gasteiger partial charge on any atom is -0.399 e. The first-order valence-electron chi connectivity index (χ1n) is 5.83. The number of nitrogens with two attached hydrogens (primary N) is 1. The van der Waals surface area contributed by atoms with Gasteiger partial charge < -0.3 is 5.73 Å². The van der Waals surface area contributed by atoms with Crippen LogP contribution in [-0.2, 0) is 23.6 Å². The molecule has 0 atom stereocenters. The van der Waals surface area contributed by atoms with Crippen LogP contribution < -0.4 is 10.5 Å². The van der Waals surface area contributed by atoms with Crippen LogP contribution in [0.3, 0.4) is 0 Å². The SMILES string of the molecule is Cc1c(CNS(=O)(=O)c2cc(N)ccc2Br)cnn1C. The standard InChI is InChI=1S/C12H15BrN4O2S/c1-8-9(6-15-17(8)2)7-16-20(18,19)12-5-10(14)3-4-11(12)13/h3-6,16H,7,14H2,1-2H3. The predicted molar refractivity (Wildman–Crippen MR) is 80.5 cm³/mol. The highest BCUT2D eigenvalue weighted by Gasteiger charge is 2.18. The Kier molecular flexibility index (Phi) is 4.17. The molecule has 0 radical (unpaired) electrons. The monoisotopic (exact) mass is 358 g/mol. The number of sulfonamides is 1. The maximum Gasteiger partial charge on any atom is 0.242 e. The van der Waals surface area contributed by atoms with Crippen molar-refractivity contribution in [3.05, 3.63) is 40.1 Å². The van der Waals surface area contributed by atoms with Crippen molar-refractivity contribution in [1.29, 1.82) is 0 Å². The van der Waals surface area contributed by atoms with Gasteiger partial charge >= 0.3 is 0 Å². The van der Waals surface area contributed by atoms with Gasteiger partial charge in [0.25, 0.3) is 0 Å². The number of rotatable bonds is 4. The largest absolute Gasteiger partial charge is 0.399 e. The van der Waals surface area contributed by atoms with Gasteiger partial charge in [0, 0.05) is 35.0 Å². The fourth-order valence-electron chi connectivity index (χ4n) is 1.69. The second kappa shape index (κ2) is 5.55. The van der Waals surface area contributed by atoms with Crippen LogP contribution in [0.5, 0.6) is 0 Å². The molecule has 1 aromatic carbocycles. The average Bonchev–Trinajstić information content (AvgIpc) is 2.70. The smallest absolute Gasteiger partial charge is 0.242 e. The molecular formula is C12H15BrN4O2S. The van der Waals surface area contributed by atoms with Crippen LogP contribution in [0.25, 0.3) is 0 Å². The third-order valence-electron chi connectivity index (χ3n) is 3.03. The molecule has 0 saturated heterocycles. The predicted octanol–water partition coefficient (Wildman–Crippen LogP) is 1.55. The van der Waals surface area contributed by atoms with Crippen molar-refractivity contribution in [3.63, 3.8) is 0 Å². The molecule has 1 aromatic heterocycles. The van der Waals surface area contributed by atoms with E-state index in [1.807, 2.05) is 14.0 Å². The molecule has 0 fully saturated rings. The van der Waals surface area contributed by atoms with Crippen molar-refractivity contribution in [2.75, 3.05) is 5.73 Å². The minimum atomic E-state index is -3.63. The third-order valence-corrected chi connectivity index (χ3v) is 5.43. The normalized spacial score (nSPS) is 11.8. The van der Waals surface area contributed by atoms with Crippen molar-refractivity contribution >= 4 is 31.6 Å². The molecule has 0 bridgehead atoms. The Hall–Kier alpha value is -1.38. The van der Waals surface area contributed by atoms with Crippen LogP contribution in [0.4, 0.5) is 5.69 Å². The summed E-state index contributed by atoms with van der Waals surface area (Å²) < 4.78 is 29.3. The lowest BCUT2D eigenvalue weighted by Gasteiger charge is -2.09. The molecule has 0 aliphatic rings. The quantitative estimate of drug-likeness (QED) is 0.811. The van der Waals surface area contributed by atoms with Gasteiger partial charge in [-0.1, -0.05) is 0 Å². The van der Waals surface area contributed by atoms with Gasteiger partial charge in [-0.2, -0.15) is 5.10 Å². The van der Waals surface area contributed by atoms with Crippen LogP contribution in [0.15, 0.2) is 33.8 Å². The summed E-state index contributed by atoms with van der Waals surface area (Å²) in [4.78, 5) is 0.124. The van der Waals surface area contributed by atoms with E-state index in [1.165, 1.54) is 6.07 Å².